The van der Waals surface area contributed by atoms with Crippen molar-refractivity contribution in [3.8, 4) is 0 Å². The molecule has 1 aliphatic heterocycles. The first kappa shape index (κ1) is 18.6. The third kappa shape index (κ3) is 3.41. The molecule has 1 fully saturated rings. The summed E-state index contributed by atoms with van der Waals surface area (Å²) in [4.78, 5) is 38.3. The molecule has 3 amide bonds. The van der Waals surface area contributed by atoms with Crippen molar-refractivity contribution in [3.63, 3.8) is 0 Å². The number of hydrogen-bond acceptors (Lipinski definition) is 4. The van der Waals surface area contributed by atoms with Crippen LogP contribution >= 0.6 is 12.2 Å². The minimum absolute atomic E-state index is 0.00987. The van der Waals surface area contributed by atoms with Crippen molar-refractivity contribution in [2.45, 2.75) is 6.54 Å². The number of rotatable bonds is 4. The summed E-state index contributed by atoms with van der Waals surface area (Å²) in [7, 11) is 0. The Balaban J connectivity index is 1.81. The van der Waals surface area contributed by atoms with Crippen LogP contribution in [0.3, 0.4) is 0 Å². The Hall–Kier alpha value is -3.78. The molecule has 0 radical (unpaired) electrons. The Morgan fingerprint density at radius 1 is 1.07 bits per heavy atom. The number of fused-ring (bicyclic) bond motifs is 1. The highest BCUT2D eigenvalue weighted by molar-refractivity contribution is 7.80. The number of thiocarbonyl (C=S) groups is 1. The van der Waals surface area contributed by atoms with Crippen LogP contribution in [-0.2, 0) is 20.9 Å². The summed E-state index contributed by atoms with van der Waals surface area (Å²) in [5, 5.41) is 3.38. The average Bonchev–Trinajstić information content (AvgIpc) is 3.03. The largest absolute Gasteiger partial charge is 0.368 e. The van der Waals surface area contributed by atoms with Gasteiger partial charge in [0, 0.05) is 22.7 Å². The predicted octanol–water partition coefficient (Wildman–Crippen LogP) is 1.96. The number of primary amides is 1. The van der Waals surface area contributed by atoms with Gasteiger partial charge in [0.05, 0.1) is 5.69 Å². The molecule has 0 saturated carbocycles. The fraction of sp³-hybridized carbons (Fsp3) is 0.0476. The Kier molecular flexibility index (Phi) is 4.69. The van der Waals surface area contributed by atoms with Gasteiger partial charge < -0.3 is 10.3 Å². The Bertz CT molecular complexity index is 1200. The maximum absolute atomic E-state index is 13.1. The zero-order chi connectivity index (χ0) is 20.5. The number of carbonyl (C=O) groups excluding carboxylic acids is 3. The number of benzene rings is 2. The number of carbonyl (C=O) groups is 3. The van der Waals surface area contributed by atoms with Gasteiger partial charge in [0.1, 0.15) is 12.1 Å². The van der Waals surface area contributed by atoms with E-state index in [2.05, 4.69) is 5.32 Å². The van der Waals surface area contributed by atoms with Crippen LogP contribution in [0.4, 0.5) is 5.69 Å². The fourth-order valence-corrected chi connectivity index (χ4v) is 3.59. The summed E-state index contributed by atoms with van der Waals surface area (Å²) in [6.45, 7) is -0.00987. The highest BCUT2D eigenvalue weighted by atomic mass is 32.1. The van der Waals surface area contributed by atoms with E-state index in [1.165, 1.54) is 11.0 Å². The maximum Gasteiger partial charge on any atom is 0.270 e. The van der Waals surface area contributed by atoms with Crippen molar-refractivity contribution in [1.29, 1.82) is 0 Å². The van der Waals surface area contributed by atoms with Crippen LogP contribution in [0.5, 0.6) is 0 Å². The van der Waals surface area contributed by atoms with Gasteiger partial charge in [-0.1, -0.05) is 36.4 Å². The van der Waals surface area contributed by atoms with E-state index in [-0.39, 0.29) is 17.2 Å². The van der Waals surface area contributed by atoms with E-state index in [0.717, 1.165) is 10.9 Å². The highest BCUT2D eigenvalue weighted by Gasteiger charge is 2.34. The second-order valence-corrected chi connectivity index (χ2v) is 6.88. The van der Waals surface area contributed by atoms with E-state index in [9.17, 15) is 14.4 Å². The third-order valence-electron chi connectivity index (χ3n) is 4.56. The molecular weight excluding hydrogens is 388 g/mol. The minimum Gasteiger partial charge on any atom is -0.368 e. The van der Waals surface area contributed by atoms with Gasteiger partial charge in [0.15, 0.2) is 5.11 Å². The maximum atomic E-state index is 13.1. The number of nitrogens with zero attached hydrogens (tertiary/aromatic N) is 2. The SMILES string of the molecule is NC(=O)Cn1cc(/C=C2\C(=O)NC(=S)N(c3ccccc3)C2=O)c2ccccc21. The number of anilines is 1. The lowest BCUT2D eigenvalue weighted by molar-refractivity contribution is -0.122. The molecular formula is C21H16N4O3S. The molecule has 2 aromatic carbocycles. The lowest BCUT2D eigenvalue weighted by atomic mass is 10.1. The van der Waals surface area contributed by atoms with Crippen LogP contribution in [0.2, 0.25) is 0 Å². The Labute approximate surface area is 171 Å². The van der Waals surface area contributed by atoms with Crippen molar-refractivity contribution in [1.82, 2.24) is 9.88 Å². The smallest absolute Gasteiger partial charge is 0.270 e. The summed E-state index contributed by atoms with van der Waals surface area (Å²) < 4.78 is 1.69. The lowest BCUT2D eigenvalue weighted by Crippen LogP contribution is -2.54. The van der Waals surface area contributed by atoms with Gasteiger partial charge in [0.2, 0.25) is 5.91 Å². The molecule has 1 aliphatic rings. The first-order valence-electron chi connectivity index (χ1n) is 8.78. The number of hydrogen-bond donors (Lipinski definition) is 2. The molecule has 4 rings (SSSR count). The quantitative estimate of drug-likeness (QED) is 0.395. The summed E-state index contributed by atoms with van der Waals surface area (Å²) in [5.74, 6) is -1.58. The third-order valence-corrected chi connectivity index (χ3v) is 4.85. The molecule has 7 nitrogen and oxygen atoms in total. The zero-order valence-corrected chi connectivity index (χ0v) is 16.0. The van der Waals surface area contributed by atoms with Crippen molar-refractivity contribution < 1.29 is 14.4 Å². The molecule has 144 valence electrons. The second kappa shape index (κ2) is 7.33. The molecule has 0 aliphatic carbocycles. The lowest BCUT2D eigenvalue weighted by Gasteiger charge is -2.28. The summed E-state index contributed by atoms with van der Waals surface area (Å²) in [6.07, 6.45) is 3.21. The summed E-state index contributed by atoms with van der Waals surface area (Å²) in [5.41, 5.74) is 7.25. The molecule has 2 heterocycles. The van der Waals surface area contributed by atoms with Crippen molar-refractivity contribution >= 4 is 57.7 Å². The monoisotopic (exact) mass is 404 g/mol. The number of nitrogens with one attached hydrogen (secondary N) is 1. The molecule has 1 saturated heterocycles. The number of amides is 3. The molecule has 0 bridgehead atoms. The zero-order valence-electron chi connectivity index (χ0n) is 15.2. The number of nitrogens with two attached hydrogens (primary N) is 1. The second-order valence-electron chi connectivity index (χ2n) is 6.49. The van der Waals surface area contributed by atoms with E-state index in [1.54, 1.807) is 35.0 Å². The van der Waals surface area contributed by atoms with Gasteiger partial charge >= 0.3 is 0 Å². The summed E-state index contributed by atoms with van der Waals surface area (Å²) in [6, 6.07) is 16.2. The van der Waals surface area contributed by atoms with E-state index >= 15 is 0 Å². The Morgan fingerprint density at radius 2 is 1.76 bits per heavy atom. The van der Waals surface area contributed by atoms with Crippen LogP contribution in [0.25, 0.3) is 17.0 Å². The van der Waals surface area contributed by atoms with Crippen molar-refractivity contribution in [2.24, 2.45) is 5.73 Å². The highest BCUT2D eigenvalue weighted by Crippen LogP contribution is 2.26. The van der Waals surface area contributed by atoms with Crippen LogP contribution in [0, 0.1) is 0 Å². The molecule has 1 aromatic heterocycles. The number of aromatic nitrogens is 1. The van der Waals surface area contributed by atoms with Crippen LogP contribution in [0.15, 0.2) is 66.4 Å². The van der Waals surface area contributed by atoms with Gasteiger partial charge in [-0.15, -0.1) is 0 Å². The molecule has 8 heteroatoms. The molecule has 0 atom stereocenters. The molecule has 3 aromatic rings. The molecule has 3 N–H and O–H groups in total. The standard InChI is InChI=1S/C21H16N4O3S/c22-18(26)12-24-11-13(15-8-4-5-9-17(15)24)10-16-19(27)23-21(29)25(20(16)28)14-6-2-1-3-7-14/h1-11H,12H2,(H2,22,26)(H,23,27,29)/b16-10+. The van der Waals surface area contributed by atoms with Crippen molar-refractivity contribution in [3.05, 3.63) is 71.9 Å². The van der Waals surface area contributed by atoms with E-state index in [0.29, 0.717) is 11.3 Å². The topological polar surface area (TPSA) is 97.4 Å². The molecule has 29 heavy (non-hydrogen) atoms. The van der Waals surface area contributed by atoms with Crippen LogP contribution in [0.1, 0.15) is 5.56 Å². The van der Waals surface area contributed by atoms with Gasteiger partial charge in [-0.3, -0.25) is 24.6 Å². The average molecular weight is 404 g/mol. The first-order chi connectivity index (χ1) is 14.0. The first-order valence-corrected chi connectivity index (χ1v) is 9.19. The van der Waals surface area contributed by atoms with Crippen molar-refractivity contribution in [2.75, 3.05) is 4.90 Å². The number of para-hydroxylation sites is 2. The Morgan fingerprint density at radius 3 is 2.48 bits per heavy atom. The van der Waals surface area contributed by atoms with Gasteiger partial charge in [-0.25, -0.2) is 0 Å². The normalized spacial score (nSPS) is 15.8. The molecule has 0 unspecified atom stereocenters. The summed E-state index contributed by atoms with van der Waals surface area (Å²) >= 11 is 5.20. The van der Waals surface area contributed by atoms with E-state index < -0.39 is 17.7 Å². The van der Waals surface area contributed by atoms with Crippen LogP contribution < -0.4 is 16.0 Å². The molecule has 0 spiro atoms. The van der Waals surface area contributed by atoms with Crippen LogP contribution in [-0.4, -0.2) is 27.4 Å². The van der Waals surface area contributed by atoms with Gasteiger partial charge in [-0.2, -0.15) is 0 Å². The van der Waals surface area contributed by atoms with E-state index in [4.69, 9.17) is 18.0 Å². The predicted molar refractivity (Wildman–Crippen MR) is 114 cm³/mol. The van der Waals surface area contributed by atoms with Gasteiger partial charge in [-0.05, 0) is 36.5 Å². The van der Waals surface area contributed by atoms with Gasteiger partial charge in [0.25, 0.3) is 11.8 Å². The fourth-order valence-electron chi connectivity index (χ4n) is 3.31. The van der Waals surface area contributed by atoms with E-state index in [1.807, 2.05) is 30.3 Å². The minimum atomic E-state index is -0.570.